The molecule has 1 heterocycles. The molecule has 1 aromatic heterocycles. The Balaban J connectivity index is 2.23. The fraction of sp³-hybridized carbons (Fsp3) is 0.357. The monoisotopic (exact) mass is 291 g/mol. The molecular formula is C14H17N3O2S. The zero-order valence-electron chi connectivity index (χ0n) is 11.3. The van der Waals surface area contributed by atoms with E-state index in [1.807, 2.05) is 24.3 Å². The van der Waals surface area contributed by atoms with Gasteiger partial charge in [0.15, 0.2) is 0 Å². The second kappa shape index (κ2) is 6.56. The minimum absolute atomic E-state index is 0.0527. The number of hydrogen-bond donors (Lipinski definition) is 2. The summed E-state index contributed by atoms with van der Waals surface area (Å²) < 4.78 is 1.65. The van der Waals surface area contributed by atoms with E-state index in [2.05, 4.69) is 22.9 Å². The number of amides is 1. The summed E-state index contributed by atoms with van der Waals surface area (Å²) in [6, 6.07) is 7.49. The van der Waals surface area contributed by atoms with Crippen LogP contribution in [0.15, 0.2) is 29.1 Å². The molecule has 0 radical (unpaired) electrons. The third kappa shape index (κ3) is 3.19. The Bertz CT molecular complexity index is 682. The molecule has 6 heteroatoms. The van der Waals surface area contributed by atoms with Gasteiger partial charge in [0, 0.05) is 19.5 Å². The van der Waals surface area contributed by atoms with Gasteiger partial charge < -0.3 is 9.88 Å². The SMILES string of the molecule is Cc1nc2ccccc2n(CCNC(=O)CCS)c1=O. The van der Waals surface area contributed by atoms with Crippen LogP contribution in [0, 0.1) is 6.92 Å². The molecule has 0 aliphatic carbocycles. The van der Waals surface area contributed by atoms with E-state index in [0.29, 0.717) is 31.0 Å². The summed E-state index contributed by atoms with van der Waals surface area (Å²) in [5.74, 6) is 0.464. The molecule has 2 rings (SSSR count). The average molecular weight is 291 g/mol. The molecule has 0 bridgehead atoms. The molecule has 1 N–H and O–H groups in total. The quantitative estimate of drug-likeness (QED) is 0.812. The minimum Gasteiger partial charge on any atom is -0.354 e. The normalized spacial score (nSPS) is 10.7. The van der Waals surface area contributed by atoms with Crippen LogP contribution >= 0.6 is 12.6 Å². The van der Waals surface area contributed by atoms with E-state index in [4.69, 9.17) is 0 Å². The molecule has 20 heavy (non-hydrogen) atoms. The van der Waals surface area contributed by atoms with Gasteiger partial charge in [-0.15, -0.1) is 0 Å². The molecule has 0 saturated heterocycles. The standard InChI is InChI=1S/C14H17N3O2S/c1-10-14(19)17(8-7-15-13(18)6-9-20)12-5-3-2-4-11(12)16-10/h2-5,20H,6-9H2,1H3,(H,15,18). The van der Waals surface area contributed by atoms with Gasteiger partial charge in [-0.25, -0.2) is 4.98 Å². The maximum absolute atomic E-state index is 12.2. The molecule has 0 saturated carbocycles. The van der Waals surface area contributed by atoms with Gasteiger partial charge in [-0.1, -0.05) is 12.1 Å². The molecule has 2 aromatic rings. The molecule has 0 fully saturated rings. The summed E-state index contributed by atoms with van der Waals surface area (Å²) in [6.07, 6.45) is 0.383. The lowest BCUT2D eigenvalue weighted by Crippen LogP contribution is -2.32. The highest BCUT2D eigenvalue weighted by atomic mass is 32.1. The highest BCUT2D eigenvalue weighted by molar-refractivity contribution is 7.80. The number of fused-ring (bicyclic) bond motifs is 1. The van der Waals surface area contributed by atoms with Crippen LogP contribution in [-0.2, 0) is 11.3 Å². The largest absolute Gasteiger partial charge is 0.354 e. The fourth-order valence-electron chi connectivity index (χ4n) is 2.04. The van der Waals surface area contributed by atoms with Crippen molar-refractivity contribution in [1.82, 2.24) is 14.9 Å². The van der Waals surface area contributed by atoms with E-state index in [9.17, 15) is 9.59 Å². The van der Waals surface area contributed by atoms with E-state index >= 15 is 0 Å². The summed E-state index contributed by atoms with van der Waals surface area (Å²) in [7, 11) is 0. The molecule has 0 aliphatic heterocycles. The first kappa shape index (κ1) is 14.6. The minimum atomic E-state index is -0.118. The number of benzene rings is 1. The number of rotatable bonds is 5. The lowest BCUT2D eigenvalue weighted by Gasteiger charge is -2.11. The Morgan fingerprint density at radius 3 is 2.90 bits per heavy atom. The Labute approximate surface area is 122 Å². The number of carbonyl (C=O) groups is 1. The fourth-order valence-corrected chi connectivity index (χ4v) is 2.24. The predicted molar refractivity (Wildman–Crippen MR) is 82.2 cm³/mol. The Hall–Kier alpha value is -1.82. The summed E-state index contributed by atoms with van der Waals surface area (Å²) >= 11 is 4.01. The smallest absolute Gasteiger partial charge is 0.272 e. The van der Waals surface area contributed by atoms with Crippen LogP contribution in [0.5, 0.6) is 0 Å². The van der Waals surface area contributed by atoms with E-state index < -0.39 is 0 Å². The van der Waals surface area contributed by atoms with Gasteiger partial charge in [0.25, 0.3) is 5.56 Å². The van der Waals surface area contributed by atoms with Gasteiger partial charge in [-0.3, -0.25) is 9.59 Å². The Morgan fingerprint density at radius 2 is 2.15 bits per heavy atom. The number of carbonyl (C=O) groups excluding carboxylic acids is 1. The number of hydrogen-bond acceptors (Lipinski definition) is 4. The molecule has 0 spiro atoms. The van der Waals surface area contributed by atoms with Crippen LogP contribution in [0.3, 0.4) is 0 Å². The summed E-state index contributed by atoms with van der Waals surface area (Å²) in [5.41, 5.74) is 1.91. The average Bonchev–Trinajstić information content (AvgIpc) is 2.43. The lowest BCUT2D eigenvalue weighted by molar-refractivity contribution is -0.120. The number of nitrogens with zero attached hydrogens (tertiary/aromatic N) is 2. The highest BCUT2D eigenvalue weighted by Gasteiger charge is 2.07. The second-order valence-corrected chi connectivity index (χ2v) is 4.91. The number of aryl methyl sites for hydroxylation is 1. The van der Waals surface area contributed by atoms with Crippen LogP contribution in [0.4, 0.5) is 0 Å². The summed E-state index contributed by atoms with van der Waals surface area (Å²) in [5, 5.41) is 2.78. The second-order valence-electron chi connectivity index (χ2n) is 4.47. The summed E-state index contributed by atoms with van der Waals surface area (Å²) in [4.78, 5) is 27.8. The van der Waals surface area contributed by atoms with Gasteiger partial charge in [0.05, 0.1) is 11.0 Å². The van der Waals surface area contributed by atoms with E-state index in [1.165, 1.54) is 0 Å². The first-order valence-corrected chi connectivity index (χ1v) is 7.10. The molecule has 0 unspecified atom stereocenters. The first-order chi connectivity index (χ1) is 9.63. The zero-order valence-corrected chi connectivity index (χ0v) is 12.2. The summed E-state index contributed by atoms with van der Waals surface area (Å²) in [6.45, 7) is 2.55. The third-order valence-electron chi connectivity index (χ3n) is 3.01. The van der Waals surface area contributed by atoms with Gasteiger partial charge in [-0.05, 0) is 24.8 Å². The van der Waals surface area contributed by atoms with Crippen LogP contribution in [0.2, 0.25) is 0 Å². The van der Waals surface area contributed by atoms with Crippen molar-refractivity contribution in [2.24, 2.45) is 0 Å². The van der Waals surface area contributed by atoms with Crippen LogP contribution in [0.25, 0.3) is 11.0 Å². The number of thiol groups is 1. The van der Waals surface area contributed by atoms with Gasteiger partial charge >= 0.3 is 0 Å². The van der Waals surface area contributed by atoms with Crippen molar-refractivity contribution in [3.8, 4) is 0 Å². The molecule has 106 valence electrons. The maximum Gasteiger partial charge on any atom is 0.272 e. The van der Waals surface area contributed by atoms with Crippen molar-refractivity contribution in [3.63, 3.8) is 0 Å². The topological polar surface area (TPSA) is 64.0 Å². The molecular weight excluding hydrogens is 274 g/mol. The van der Waals surface area contributed by atoms with Crippen LogP contribution in [0.1, 0.15) is 12.1 Å². The molecule has 0 atom stereocenters. The number of aromatic nitrogens is 2. The van der Waals surface area contributed by atoms with Crippen molar-refractivity contribution in [2.45, 2.75) is 19.9 Å². The zero-order chi connectivity index (χ0) is 14.5. The van der Waals surface area contributed by atoms with Crippen molar-refractivity contribution in [2.75, 3.05) is 12.3 Å². The number of para-hydroxylation sites is 2. The van der Waals surface area contributed by atoms with Crippen molar-refractivity contribution >= 4 is 29.6 Å². The van der Waals surface area contributed by atoms with Gasteiger partial charge in [-0.2, -0.15) is 12.6 Å². The Kier molecular flexibility index (Phi) is 4.79. The van der Waals surface area contributed by atoms with Gasteiger partial charge in [0.2, 0.25) is 5.91 Å². The highest BCUT2D eigenvalue weighted by Crippen LogP contribution is 2.09. The molecule has 0 aliphatic rings. The number of nitrogens with one attached hydrogen (secondary N) is 1. The molecule has 5 nitrogen and oxygen atoms in total. The third-order valence-corrected chi connectivity index (χ3v) is 3.24. The lowest BCUT2D eigenvalue weighted by atomic mass is 10.2. The van der Waals surface area contributed by atoms with E-state index in [0.717, 1.165) is 11.0 Å². The van der Waals surface area contributed by atoms with Crippen molar-refractivity contribution in [3.05, 3.63) is 40.3 Å². The van der Waals surface area contributed by atoms with E-state index in [1.54, 1.807) is 11.5 Å². The van der Waals surface area contributed by atoms with Crippen LogP contribution < -0.4 is 10.9 Å². The van der Waals surface area contributed by atoms with Gasteiger partial charge in [0.1, 0.15) is 5.69 Å². The molecule has 1 aromatic carbocycles. The van der Waals surface area contributed by atoms with E-state index in [-0.39, 0.29) is 11.5 Å². The first-order valence-electron chi connectivity index (χ1n) is 6.47. The van der Waals surface area contributed by atoms with Crippen molar-refractivity contribution < 1.29 is 4.79 Å². The predicted octanol–water partition coefficient (Wildman–Crippen LogP) is 1.14. The Morgan fingerprint density at radius 1 is 1.40 bits per heavy atom. The molecule has 1 amide bonds. The maximum atomic E-state index is 12.2. The van der Waals surface area contributed by atoms with Crippen molar-refractivity contribution in [1.29, 1.82) is 0 Å². The van der Waals surface area contributed by atoms with Crippen LogP contribution in [-0.4, -0.2) is 27.8 Å².